The molecule has 5 N–H and O–H groups in total. The maximum atomic E-state index is 12.8. The number of carbonyl (C=O) groups excluding carboxylic acids is 3. The fraction of sp³-hybridized carbons (Fsp3) is 0.353. The van der Waals surface area contributed by atoms with E-state index < -0.39 is 53.5 Å². The van der Waals surface area contributed by atoms with Gasteiger partial charge in [-0.05, 0) is 0 Å². The first-order chi connectivity index (χ1) is 16.1. The number of thioether (sulfide) groups is 2. The summed E-state index contributed by atoms with van der Waals surface area (Å²) in [6.45, 7) is -0.816. The summed E-state index contributed by atoms with van der Waals surface area (Å²) in [5.41, 5.74) is 4.93. The average molecular weight is 532 g/mol. The van der Waals surface area contributed by atoms with Crippen molar-refractivity contribution in [2.24, 2.45) is 5.16 Å². The molecule has 1 fully saturated rings. The Bertz CT molecular complexity index is 1100. The number of ether oxygens (including phenoxy) is 1. The Morgan fingerprint density at radius 2 is 2.12 bits per heavy atom. The summed E-state index contributed by atoms with van der Waals surface area (Å²) in [4.78, 5) is 69.5. The van der Waals surface area contributed by atoms with Crippen LogP contribution in [0.5, 0.6) is 0 Å². The number of nitrogens with zero attached hydrogens (tertiary/aromatic N) is 3. The summed E-state index contributed by atoms with van der Waals surface area (Å²) in [5, 5.41) is 25.1. The van der Waals surface area contributed by atoms with E-state index >= 15 is 0 Å². The number of carboxylic acids is 2. The highest BCUT2D eigenvalue weighted by Gasteiger charge is 2.54. The smallest absolute Gasteiger partial charge is 0.353 e. The lowest BCUT2D eigenvalue weighted by molar-refractivity contribution is -0.150. The first-order valence-electron chi connectivity index (χ1n) is 9.18. The molecule has 3 rings (SSSR count). The quantitative estimate of drug-likeness (QED) is 0.125. The highest BCUT2D eigenvalue weighted by atomic mass is 32.2. The zero-order valence-corrected chi connectivity index (χ0v) is 19.7. The van der Waals surface area contributed by atoms with Gasteiger partial charge in [-0.2, -0.15) is 0 Å². The van der Waals surface area contributed by atoms with Gasteiger partial charge in [0.25, 0.3) is 11.8 Å². The maximum Gasteiger partial charge on any atom is 0.353 e. The number of β-lactam (4-membered cyclic amide) rings is 1. The Hall–Kier alpha value is -3.31. The van der Waals surface area contributed by atoms with E-state index in [4.69, 9.17) is 10.8 Å². The molecule has 1 aromatic heterocycles. The van der Waals surface area contributed by atoms with Gasteiger partial charge in [0.2, 0.25) is 6.61 Å². The van der Waals surface area contributed by atoms with Crippen LogP contribution in [0.4, 0.5) is 5.13 Å². The number of amides is 2. The number of oxime groups is 1. The number of carbonyl (C=O) groups is 5. The minimum absolute atomic E-state index is 0.0120. The van der Waals surface area contributed by atoms with Crippen LogP contribution < -0.4 is 11.1 Å². The third-order valence-corrected chi connectivity index (χ3v) is 7.54. The number of nitrogens with two attached hydrogens (primary N) is 1. The highest BCUT2D eigenvalue weighted by molar-refractivity contribution is 8.06. The third kappa shape index (κ3) is 5.42. The van der Waals surface area contributed by atoms with Crippen molar-refractivity contribution in [3.8, 4) is 0 Å². The first-order valence-corrected chi connectivity index (χ1v) is 12.1. The number of aromatic nitrogens is 1. The van der Waals surface area contributed by atoms with Gasteiger partial charge < -0.3 is 30.8 Å². The van der Waals surface area contributed by atoms with Gasteiger partial charge in [0.15, 0.2) is 10.8 Å². The molecule has 2 aliphatic heterocycles. The molecule has 34 heavy (non-hydrogen) atoms. The predicted molar refractivity (Wildman–Crippen MR) is 121 cm³/mol. The average Bonchev–Trinajstić information content (AvgIpc) is 3.23. The van der Waals surface area contributed by atoms with E-state index in [2.05, 4.69) is 25.0 Å². The number of esters is 1. The zero-order chi connectivity index (χ0) is 25.0. The van der Waals surface area contributed by atoms with Gasteiger partial charge in [0.05, 0.1) is 12.9 Å². The summed E-state index contributed by atoms with van der Waals surface area (Å²) in [6.07, 6.45) is 0. The van der Waals surface area contributed by atoms with E-state index in [0.29, 0.717) is 4.91 Å². The number of rotatable bonds is 10. The molecule has 2 atom stereocenters. The third-order valence-electron chi connectivity index (χ3n) is 4.34. The van der Waals surface area contributed by atoms with Crippen molar-refractivity contribution in [3.05, 3.63) is 21.7 Å². The van der Waals surface area contributed by atoms with Crippen LogP contribution in [-0.4, -0.2) is 92.2 Å². The zero-order valence-electron chi connectivity index (χ0n) is 17.2. The van der Waals surface area contributed by atoms with Crippen molar-refractivity contribution >= 4 is 75.4 Å². The van der Waals surface area contributed by atoms with Crippen molar-refractivity contribution in [3.63, 3.8) is 0 Å². The fourth-order valence-corrected chi connectivity index (χ4v) is 5.88. The number of hydrogen-bond donors (Lipinski definition) is 4. The molecule has 0 aromatic carbocycles. The molecular weight excluding hydrogens is 514 g/mol. The van der Waals surface area contributed by atoms with Crippen LogP contribution in [0.2, 0.25) is 0 Å². The Kier molecular flexibility index (Phi) is 8.00. The lowest BCUT2D eigenvalue weighted by Gasteiger charge is -2.49. The van der Waals surface area contributed by atoms with Gasteiger partial charge in [-0.25, -0.2) is 14.6 Å². The normalized spacial score (nSPS) is 19.7. The highest BCUT2D eigenvalue weighted by Crippen LogP contribution is 2.43. The molecule has 182 valence electrons. The van der Waals surface area contributed by atoms with E-state index in [9.17, 15) is 29.1 Å². The van der Waals surface area contributed by atoms with E-state index in [1.54, 1.807) is 0 Å². The molecule has 0 spiro atoms. The van der Waals surface area contributed by atoms with Gasteiger partial charge in [0, 0.05) is 16.0 Å². The molecule has 0 aliphatic carbocycles. The van der Waals surface area contributed by atoms with Crippen LogP contribution in [0, 0.1) is 0 Å². The molecular formula is C17H17N5O9S3. The second-order valence-corrected chi connectivity index (χ2v) is 9.55. The molecule has 0 unspecified atom stereocenters. The van der Waals surface area contributed by atoms with Gasteiger partial charge >= 0.3 is 17.9 Å². The molecule has 0 bridgehead atoms. The van der Waals surface area contributed by atoms with Crippen molar-refractivity contribution < 1.29 is 43.8 Å². The molecule has 1 saturated heterocycles. The van der Waals surface area contributed by atoms with Gasteiger partial charge in [-0.1, -0.05) is 5.16 Å². The Morgan fingerprint density at radius 3 is 2.71 bits per heavy atom. The van der Waals surface area contributed by atoms with Gasteiger partial charge in [-0.3, -0.25) is 19.3 Å². The second-order valence-electron chi connectivity index (χ2n) is 6.48. The lowest BCUT2D eigenvalue weighted by atomic mass is 10.0. The molecule has 17 heteroatoms. The van der Waals surface area contributed by atoms with Crippen LogP contribution in [-0.2, 0) is 33.5 Å². The Labute approximate surface area is 203 Å². The summed E-state index contributed by atoms with van der Waals surface area (Å²) in [6, 6.07) is -1.08. The van der Waals surface area contributed by atoms with E-state index in [0.717, 1.165) is 28.0 Å². The van der Waals surface area contributed by atoms with Crippen molar-refractivity contribution in [1.82, 2.24) is 15.2 Å². The van der Waals surface area contributed by atoms with E-state index in [-0.39, 0.29) is 28.0 Å². The van der Waals surface area contributed by atoms with E-state index in [1.807, 2.05) is 0 Å². The van der Waals surface area contributed by atoms with Crippen molar-refractivity contribution in [2.75, 3.05) is 31.0 Å². The number of aliphatic carboxylic acids is 2. The molecule has 0 radical (unpaired) electrons. The summed E-state index contributed by atoms with van der Waals surface area (Å²) < 4.78 is 4.55. The Balaban J connectivity index is 1.77. The van der Waals surface area contributed by atoms with E-state index in [1.165, 1.54) is 24.3 Å². The number of anilines is 1. The van der Waals surface area contributed by atoms with Crippen LogP contribution in [0.15, 0.2) is 21.1 Å². The summed E-state index contributed by atoms with van der Waals surface area (Å²) in [5.74, 6) is -4.72. The monoisotopic (exact) mass is 531 g/mol. The van der Waals surface area contributed by atoms with Crippen molar-refractivity contribution in [2.45, 2.75) is 11.4 Å². The Morgan fingerprint density at radius 1 is 1.38 bits per heavy atom. The minimum atomic E-state index is -1.35. The number of nitrogen functional groups attached to an aromatic ring is 1. The molecule has 14 nitrogen and oxygen atoms in total. The largest absolute Gasteiger partial charge is 0.479 e. The van der Waals surface area contributed by atoms with Gasteiger partial charge in [0.1, 0.15) is 22.8 Å². The SMILES string of the molecule is COC(=O)CSC1=C(C(=O)O)N2C(=O)[C@@H](NC(=O)/C(=N/OCC(=O)O)c3csc(N)n3)[C@H]2SC1. The second kappa shape index (κ2) is 10.7. The first kappa shape index (κ1) is 25.3. The standard InChI is InChI=1S/C17H17N5O9S3/c1-30-9(25)5-32-7-4-33-15-11(14(27)22(15)12(7)16(28)29)20-13(26)10(21-31-2-8(23)24)6-3-34-17(18)19-6/h3,11,15H,2,4-5H2,1H3,(H2,18,19)(H,20,26)(H,23,24)(H,28,29)/b21-10+/t11-,15-/m1/s1. The predicted octanol–water partition coefficient (Wildman–Crippen LogP) is -0.867. The molecule has 2 aliphatic rings. The van der Waals surface area contributed by atoms with Crippen LogP contribution >= 0.6 is 34.9 Å². The van der Waals surface area contributed by atoms with Crippen LogP contribution in [0.3, 0.4) is 0 Å². The summed E-state index contributed by atoms with van der Waals surface area (Å²) in [7, 11) is 1.21. The van der Waals surface area contributed by atoms with Gasteiger partial charge in [-0.15, -0.1) is 34.9 Å². The van der Waals surface area contributed by atoms with Crippen LogP contribution in [0.25, 0.3) is 0 Å². The molecule has 2 amide bonds. The molecule has 3 heterocycles. The maximum absolute atomic E-state index is 12.8. The fourth-order valence-electron chi connectivity index (χ4n) is 2.87. The number of hydrogen-bond acceptors (Lipinski definition) is 13. The number of thiazole rings is 1. The number of carboxylic acid groups (broad SMARTS) is 2. The lowest BCUT2D eigenvalue weighted by Crippen LogP contribution is -2.71. The minimum Gasteiger partial charge on any atom is -0.479 e. The molecule has 0 saturated carbocycles. The number of fused-ring (bicyclic) bond motifs is 1. The molecule has 1 aromatic rings. The topological polar surface area (TPSA) is 211 Å². The number of nitrogens with one attached hydrogen (secondary N) is 1. The summed E-state index contributed by atoms with van der Waals surface area (Å²) >= 11 is 3.17. The van der Waals surface area contributed by atoms with Crippen molar-refractivity contribution in [1.29, 1.82) is 0 Å². The van der Waals surface area contributed by atoms with Crippen LogP contribution in [0.1, 0.15) is 5.69 Å². The number of methoxy groups -OCH3 is 1.